The molecule has 1 aromatic heterocycles. The molecule has 3 rings (SSSR count). The number of hydrogen-bond donors (Lipinski definition) is 1. The van der Waals surface area contributed by atoms with Crippen molar-refractivity contribution >= 4 is 29.1 Å². The molecule has 1 atom stereocenters. The van der Waals surface area contributed by atoms with Gasteiger partial charge in [-0.15, -0.1) is 10.2 Å². The summed E-state index contributed by atoms with van der Waals surface area (Å²) in [7, 11) is 0. The smallest absolute Gasteiger partial charge is 0.237 e. The van der Waals surface area contributed by atoms with Crippen LogP contribution < -0.4 is 5.32 Å². The molecule has 0 unspecified atom stereocenters. The zero-order chi connectivity index (χ0) is 20.8. The number of carbonyl (C=O) groups is 2. The van der Waals surface area contributed by atoms with Gasteiger partial charge in [-0.05, 0) is 38.5 Å². The number of hydrogen-bond acceptors (Lipinski definition) is 5. The summed E-state index contributed by atoms with van der Waals surface area (Å²) in [5.74, 6) is 0.604. The van der Waals surface area contributed by atoms with Gasteiger partial charge < -0.3 is 9.88 Å². The number of aromatic nitrogens is 3. The van der Waals surface area contributed by atoms with Crippen molar-refractivity contribution < 1.29 is 9.59 Å². The van der Waals surface area contributed by atoms with Crippen LogP contribution in [0, 0.1) is 0 Å². The number of thioether (sulfide) groups is 1. The van der Waals surface area contributed by atoms with Crippen molar-refractivity contribution in [2.24, 2.45) is 0 Å². The minimum Gasteiger partial charge on any atom is -0.324 e. The van der Waals surface area contributed by atoms with Gasteiger partial charge >= 0.3 is 0 Å². The first kappa shape index (κ1) is 20.8. The van der Waals surface area contributed by atoms with Crippen molar-refractivity contribution in [3.05, 3.63) is 71.5 Å². The van der Waals surface area contributed by atoms with E-state index in [4.69, 9.17) is 0 Å². The summed E-state index contributed by atoms with van der Waals surface area (Å²) in [6.07, 6.45) is 0.689. The first-order valence-corrected chi connectivity index (χ1v) is 10.4. The third-order valence-corrected chi connectivity index (χ3v) is 5.61. The molecule has 1 heterocycles. The fraction of sp³-hybridized carbons (Fsp3) is 0.273. The third kappa shape index (κ3) is 5.12. The lowest BCUT2D eigenvalue weighted by molar-refractivity contribution is -0.115. The Labute approximate surface area is 174 Å². The Balaban J connectivity index is 1.71. The molecule has 0 aliphatic heterocycles. The summed E-state index contributed by atoms with van der Waals surface area (Å²) in [5, 5.41) is 11.8. The number of nitrogens with one attached hydrogen (secondary N) is 1. The number of rotatable bonds is 8. The van der Waals surface area contributed by atoms with E-state index in [9.17, 15) is 9.59 Å². The molecular formula is C22H24N4O2S. The predicted molar refractivity (Wildman–Crippen MR) is 115 cm³/mol. The Kier molecular flexibility index (Phi) is 6.82. The molecule has 1 amide bonds. The highest BCUT2D eigenvalue weighted by molar-refractivity contribution is 8.00. The Morgan fingerprint density at radius 2 is 1.76 bits per heavy atom. The lowest BCUT2D eigenvalue weighted by Gasteiger charge is -2.14. The standard InChI is InChI=1S/C22H24N4O2S/c1-4-26-20(14-17-10-6-5-7-11-17)24-25-22(26)29-16(3)21(28)23-19-13-9-8-12-18(19)15(2)27/h5-13,16H,4,14H2,1-3H3,(H,23,28)/t16-/m0/s1. The molecule has 0 spiro atoms. The van der Waals surface area contributed by atoms with Gasteiger partial charge in [0.15, 0.2) is 10.9 Å². The molecule has 0 saturated heterocycles. The number of nitrogens with zero attached hydrogens (tertiary/aromatic N) is 3. The van der Waals surface area contributed by atoms with Gasteiger partial charge in [-0.2, -0.15) is 0 Å². The Bertz CT molecular complexity index is 1000. The molecule has 29 heavy (non-hydrogen) atoms. The van der Waals surface area contributed by atoms with E-state index in [1.54, 1.807) is 24.3 Å². The van der Waals surface area contributed by atoms with Gasteiger partial charge in [0.25, 0.3) is 0 Å². The maximum atomic E-state index is 12.7. The van der Waals surface area contributed by atoms with Gasteiger partial charge in [0.1, 0.15) is 5.82 Å². The van der Waals surface area contributed by atoms with Gasteiger partial charge in [-0.25, -0.2) is 0 Å². The van der Waals surface area contributed by atoms with Crippen molar-refractivity contribution in [3.63, 3.8) is 0 Å². The summed E-state index contributed by atoms with van der Waals surface area (Å²) in [4.78, 5) is 24.5. The number of benzene rings is 2. The van der Waals surface area contributed by atoms with E-state index in [-0.39, 0.29) is 11.7 Å². The molecule has 3 aromatic rings. The highest BCUT2D eigenvalue weighted by Crippen LogP contribution is 2.25. The molecule has 6 nitrogen and oxygen atoms in total. The second-order valence-corrected chi connectivity index (χ2v) is 7.96. The summed E-state index contributed by atoms with van der Waals surface area (Å²) in [5.41, 5.74) is 2.19. The monoisotopic (exact) mass is 408 g/mol. The molecule has 0 aliphatic carbocycles. The highest BCUT2D eigenvalue weighted by atomic mass is 32.2. The SMILES string of the molecule is CCn1c(Cc2ccccc2)nnc1S[C@@H](C)C(=O)Nc1ccccc1C(C)=O. The van der Waals surface area contributed by atoms with Gasteiger partial charge in [-0.1, -0.05) is 54.2 Å². The molecule has 0 fully saturated rings. The maximum Gasteiger partial charge on any atom is 0.237 e. The molecule has 7 heteroatoms. The number of Topliss-reactive ketones (excluding diaryl/α,β-unsaturated/α-hetero) is 1. The van der Waals surface area contributed by atoms with Crippen molar-refractivity contribution in [2.75, 3.05) is 5.32 Å². The van der Waals surface area contributed by atoms with Crippen LogP contribution >= 0.6 is 11.8 Å². The number of ketones is 1. The van der Waals surface area contributed by atoms with Crippen molar-refractivity contribution in [2.45, 2.75) is 44.1 Å². The van der Waals surface area contributed by atoms with Gasteiger partial charge in [0, 0.05) is 18.5 Å². The van der Waals surface area contributed by atoms with E-state index >= 15 is 0 Å². The van der Waals surface area contributed by atoms with Crippen molar-refractivity contribution in [1.29, 1.82) is 0 Å². The molecule has 0 bridgehead atoms. The first-order chi connectivity index (χ1) is 14.0. The molecule has 0 radical (unpaired) electrons. The van der Waals surface area contributed by atoms with E-state index < -0.39 is 5.25 Å². The van der Waals surface area contributed by atoms with Crippen LogP contribution in [-0.2, 0) is 17.8 Å². The van der Waals surface area contributed by atoms with E-state index in [0.29, 0.717) is 22.8 Å². The fourth-order valence-corrected chi connectivity index (χ4v) is 3.91. The number of anilines is 1. The molecule has 0 saturated carbocycles. The third-order valence-electron chi connectivity index (χ3n) is 4.53. The second kappa shape index (κ2) is 9.52. The van der Waals surface area contributed by atoms with Crippen molar-refractivity contribution in [1.82, 2.24) is 14.8 Å². The summed E-state index contributed by atoms with van der Waals surface area (Å²) < 4.78 is 2.03. The van der Waals surface area contributed by atoms with Gasteiger partial charge in [-0.3, -0.25) is 9.59 Å². The average molecular weight is 409 g/mol. The number of amides is 1. The van der Waals surface area contributed by atoms with E-state index in [0.717, 1.165) is 17.9 Å². The zero-order valence-electron chi connectivity index (χ0n) is 16.8. The molecule has 1 N–H and O–H groups in total. The molecule has 0 aliphatic rings. The quantitative estimate of drug-likeness (QED) is 0.446. The Hall–Kier alpha value is -2.93. The molecule has 150 valence electrons. The lowest BCUT2D eigenvalue weighted by atomic mass is 10.1. The summed E-state index contributed by atoms with van der Waals surface area (Å²) in [6.45, 7) is 6.07. The lowest BCUT2D eigenvalue weighted by Crippen LogP contribution is -2.24. The van der Waals surface area contributed by atoms with Crippen LogP contribution in [0.25, 0.3) is 0 Å². The zero-order valence-corrected chi connectivity index (χ0v) is 17.6. The molecular weight excluding hydrogens is 384 g/mol. The second-order valence-electron chi connectivity index (χ2n) is 6.66. The van der Waals surface area contributed by atoms with E-state index in [1.165, 1.54) is 18.7 Å². The summed E-state index contributed by atoms with van der Waals surface area (Å²) in [6, 6.07) is 17.1. The van der Waals surface area contributed by atoms with Crippen LogP contribution in [-0.4, -0.2) is 31.7 Å². The van der Waals surface area contributed by atoms with Crippen LogP contribution in [0.3, 0.4) is 0 Å². The van der Waals surface area contributed by atoms with E-state index in [2.05, 4.69) is 27.6 Å². The predicted octanol–water partition coefficient (Wildman–Crippen LogP) is 4.21. The first-order valence-electron chi connectivity index (χ1n) is 9.53. The largest absolute Gasteiger partial charge is 0.324 e. The fourth-order valence-electron chi connectivity index (χ4n) is 2.98. The van der Waals surface area contributed by atoms with Gasteiger partial charge in [0.05, 0.1) is 10.9 Å². The Morgan fingerprint density at radius 1 is 1.07 bits per heavy atom. The Morgan fingerprint density at radius 3 is 2.45 bits per heavy atom. The van der Waals surface area contributed by atoms with E-state index in [1.807, 2.05) is 36.6 Å². The van der Waals surface area contributed by atoms with Crippen LogP contribution in [0.15, 0.2) is 59.8 Å². The minimum absolute atomic E-state index is 0.0857. The normalized spacial score (nSPS) is 11.8. The topological polar surface area (TPSA) is 76.9 Å². The molecule has 2 aromatic carbocycles. The van der Waals surface area contributed by atoms with Crippen LogP contribution in [0.1, 0.15) is 42.5 Å². The van der Waals surface area contributed by atoms with Gasteiger partial charge in [0.2, 0.25) is 5.91 Å². The van der Waals surface area contributed by atoms with Crippen LogP contribution in [0.2, 0.25) is 0 Å². The minimum atomic E-state index is -0.394. The summed E-state index contributed by atoms with van der Waals surface area (Å²) >= 11 is 1.36. The maximum absolute atomic E-state index is 12.7. The number of para-hydroxylation sites is 1. The van der Waals surface area contributed by atoms with Crippen LogP contribution in [0.4, 0.5) is 5.69 Å². The average Bonchev–Trinajstić information content (AvgIpc) is 3.09. The number of carbonyl (C=O) groups excluding carboxylic acids is 2. The van der Waals surface area contributed by atoms with Crippen molar-refractivity contribution in [3.8, 4) is 0 Å². The van der Waals surface area contributed by atoms with Crippen LogP contribution in [0.5, 0.6) is 0 Å². The highest BCUT2D eigenvalue weighted by Gasteiger charge is 2.21.